The standard InChI is InChI=1S/C14H20FNO/c1-11(17)14-12(15)7-6-8-13(14)16-9-4-2-3-5-10-16/h6-8,11,17H,2-5,9-10H2,1H3. The Hall–Kier alpha value is -1.09. The maximum Gasteiger partial charge on any atom is 0.131 e. The van der Waals surface area contributed by atoms with E-state index in [-0.39, 0.29) is 5.82 Å². The van der Waals surface area contributed by atoms with Crippen molar-refractivity contribution in [3.63, 3.8) is 0 Å². The zero-order valence-corrected chi connectivity index (χ0v) is 10.3. The van der Waals surface area contributed by atoms with Gasteiger partial charge in [-0.1, -0.05) is 18.9 Å². The molecule has 1 saturated heterocycles. The van der Waals surface area contributed by atoms with E-state index in [4.69, 9.17) is 0 Å². The molecule has 0 aliphatic carbocycles. The molecule has 1 aliphatic rings. The first-order chi connectivity index (χ1) is 8.20. The molecule has 0 amide bonds. The second-order valence-electron chi connectivity index (χ2n) is 4.75. The second kappa shape index (κ2) is 5.50. The normalized spacial score (nSPS) is 18.9. The molecule has 2 rings (SSSR count). The van der Waals surface area contributed by atoms with Gasteiger partial charge in [-0.05, 0) is 31.9 Å². The quantitative estimate of drug-likeness (QED) is 0.853. The van der Waals surface area contributed by atoms with Crippen LogP contribution in [0.25, 0.3) is 0 Å². The molecule has 2 nitrogen and oxygen atoms in total. The topological polar surface area (TPSA) is 23.5 Å². The number of aliphatic hydroxyl groups is 1. The van der Waals surface area contributed by atoms with Crippen molar-refractivity contribution >= 4 is 5.69 Å². The Balaban J connectivity index is 2.32. The van der Waals surface area contributed by atoms with E-state index in [0.717, 1.165) is 31.6 Å². The fraction of sp³-hybridized carbons (Fsp3) is 0.571. The zero-order chi connectivity index (χ0) is 12.3. The number of hydrogen-bond donors (Lipinski definition) is 1. The molecule has 0 spiro atoms. The summed E-state index contributed by atoms with van der Waals surface area (Å²) in [5, 5.41) is 9.72. The fourth-order valence-electron chi connectivity index (χ4n) is 2.53. The Bertz CT molecular complexity index is 370. The Morgan fingerprint density at radius 2 is 1.82 bits per heavy atom. The molecule has 1 unspecified atom stereocenters. The first-order valence-electron chi connectivity index (χ1n) is 6.41. The summed E-state index contributed by atoms with van der Waals surface area (Å²) in [5.41, 5.74) is 1.30. The van der Waals surface area contributed by atoms with E-state index in [1.54, 1.807) is 13.0 Å². The SMILES string of the molecule is CC(O)c1c(F)cccc1N1CCCCCC1. The van der Waals surface area contributed by atoms with Gasteiger partial charge in [0.1, 0.15) is 5.82 Å². The lowest BCUT2D eigenvalue weighted by atomic mass is 10.1. The summed E-state index contributed by atoms with van der Waals surface area (Å²) in [7, 11) is 0. The summed E-state index contributed by atoms with van der Waals surface area (Å²) >= 11 is 0. The second-order valence-corrected chi connectivity index (χ2v) is 4.75. The fourth-order valence-corrected chi connectivity index (χ4v) is 2.53. The van der Waals surface area contributed by atoms with Gasteiger partial charge in [0.05, 0.1) is 6.10 Å². The highest BCUT2D eigenvalue weighted by Gasteiger charge is 2.18. The van der Waals surface area contributed by atoms with E-state index in [1.165, 1.54) is 18.9 Å². The van der Waals surface area contributed by atoms with Gasteiger partial charge in [0.25, 0.3) is 0 Å². The highest BCUT2D eigenvalue weighted by molar-refractivity contribution is 5.55. The molecule has 1 atom stereocenters. The Labute approximate surface area is 102 Å². The molecule has 1 aliphatic heterocycles. The summed E-state index contributed by atoms with van der Waals surface area (Å²) in [5.74, 6) is -0.304. The van der Waals surface area contributed by atoms with Crippen LogP contribution in [0.1, 0.15) is 44.3 Å². The third kappa shape index (κ3) is 2.78. The van der Waals surface area contributed by atoms with Gasteiger partial charge in [-0.25, -0.2) is 4.39 Å². The summed E-state index contributed by atoms with van der Waals surface area (Å²) < 4.78 is 13.8. The third-order valence-corrected chi connectivity index (χ3v) is 3.39. The largest absolute Gasteiger partial charge is 0.389 e. The van der Waals surface area contributed by atoms with Crippen molar-refractivity contribution in [2.75, 3.05) is 18.0 Å². The molecular formula is C14H20FNO. The van der Waals surface area contributed by atoms with E-state index in [9.17, 15) is 9.50 Å². The van der Waals surface area contributed by atoms with Crippen molar-refractivity contribution in [2.45, 2.75) is 38.7 Å². The van der Waals surface area contributed by atoms with Crippen LogP contribution in [0.15, 0.2) is 18.2 Å². The molecule has 17 heavy (non-hydrogen) atoms. The van der Waals surface area contributed by atoms with Gasteiger partial charge in [-0.3, -0.25) is 0 Å². The number of benzene rings is 1. The monoisotopic (exact) mass is 237 g/mol. The smallest absolute Gasteiger partial charge is 0.131 e. The van der Waals surface area contributed by atoms with Gasteiger partial charge in [0.2, 0.25) is 0 Å². The molecular weight excluding hydrogens is 217 g/mol. The molecule has 0 saturated carbocycles. The summed E-state index contributed by atoms with van der Waals surface area (Å²) in [4.78, 5) is 2.21. The van der Waals surface area contributed by atoms with Crippen LogP contribution >= 0.6 is 0 Å². The zero-order valence-electron chi connectivity index (χ0n) is 10.3. The summed E-state index contributed by atoms with van der Waals surface area (Å²) in [6.07, 6.45) is 4.03. The van der Waals surface area contributed by atoms with Gasteiger partial charge < -0.3 is 10.0 Å². The molecule has 1 fully saturated rings. The molecule has 1 N–H and O–H groups in total. The van der Waals surface area contributed by atoms with Crippen LogP contribution in [0.3, 0.4) is 0 Å². The highest BCUT2D eigenvalue weighted by Crippen LogP contribution is 2.30. The number of nitrogens with zero attached hydrogens (tertiary/aromatic N) is 1. The minimum Gasteiger partial charge on any atom is -0.389 e. The molecule has 0 aromatic heterocycles. The van der Waals surface area contributed by atoms with Crippen molar-refractivity contribution in [3.8, 4) is 0 Å². The third-order valence-electron chi connectivity index (χ3n) is 3.39. The van der Waals surface area contributed by atoms with E-state index < -0.39 is 6.10 Å². The van der Waals surface area contributed by atoms with Gasteiger partial charge >= 0.3 is 0 Å². The van der Waals surface area contributed by atoms with Crippen LogP contribution in [-0.4, -0.2) is 18.2 Å². The van der Waals surface area contributed by atoms with Crippen LogP contribution < -0.4 is 4.90 Å². The van der Waals surface area contributed by atoms with Gasteiger partial charge in [-0.15, -0.1) is 0 Å². The molecule has 3 heteroatoms. The van der Waals surface area contributed by atoms with Crippen LogP contribution in [0.2, 0.25) is 0 Å². The Morgan fingerprint density at radius 1 is 1.18 bits per heavy atom. The van der Waals surface area contributed by atoms with Crippen molar-refractivity contribution in [1.82, 2.24) is 0 Å². The number of hydrogen-bond acceptors (Lipinski definition) is 2. The van der Waals surface area contributed by atoms with Gasteiger partial charge in [-0.2, -0.15) is 0 Å². The average molecular weight is 237 g/mol. The average Bonchev–Trinajstić information content (AvgIpc) is 2.56. The van der Waals surface area contributed by atoms with Crippen molar-refractivity contribution in [3.05, 3.63) is 29.6 Å². The molecule has 1 aromatic carbocycles. The molecule has 1 heterocycles. The first kappa shape index (κ1) is 12.4. The predicted molar refractivity (Wildman–Crippen MR) is 67.7 cm³/mol. The van der Waals surface area contributed by atoms with E-state index >= 15 is 0 Å². The van der Waals surface area contributed by atoms with E-state index in [1.807, 2.05) is 6.07 Å². The minimum absolute atomic E-state index is 0.304. The molecule has 0 bridgehead atoms. The lowest BCUT2D eigenvalue weighted by Crippen LogP contribution is -2.25. The summed E-state index contributed by atoms with van der Waals surface area (Å²) in [6, 6.07) is 5.06. The lowest BCUT2D eigenvalue weighted by Gasteiger charge is -2.26. The molecule has 0 radical (unpaired) electrons. The van der Waals surface area contributed by atoms with Gasteiger partial charge in [0.15, 0.2) is 0 Å². The predicted octanol–water partition coefficient (Wildman–Crippen LogP) is 3.26. The Morgan fingerprint density at radius 3 is 2.41 bits per heavy atom. The van der Waals surface area contributed by atoms with Gasteiger partial charge in [0, 0.05) is 24.3 Å². The molecule has 1 aromatic rings. The maximum absolute atomic E-state index is 13.8. The Kier molecular flexibility index (Phi) is 4.00. The van der Waals surface area contributed by atoms with Crippen molar-refractivity contribution < 1.29 is 9.50 Å². The van der Waals surface area contributed by atoms with Crippen LogP contribution in [0.5, 0.6) is 0 Å². The first-order valence-corrected chi connectivity index (χ1v) is 6.41. The highest BCUT2D eigenvalue weighted by atomic mass is 19.1. The van der Waals surface area contributed by atoms with E-state index in [0.29, 0.717) is 5.56 Å². The van der Waals surface area contributed by atoms with Crippen molar-refractivity contribution in [2.24, 2.45) is 0 Å². The van der Waals surface area contributed by atoms with Crippen molar-refractivity contribution in [1.29, 1.82) is 0 Å². The maximum atomic E-state index is 13.8. The number of halogens is 1. The molecule has 94 valence electrons. The minimum atomic E-state index is -0.755. The van der Waals surface area contributed by atoms with Crippen LogP contribution in [0.4, 0.5) is 10.1 Å². The van der Waals surface area contributed by atoms with Crippen LogP contribution in [0, 0.1) is 5.82 Å². The van der Waals surface area contributed by atoms with Crippen LogP contribution in [-0.2, 0) is 0 Å². The van der Waals surface area contributed by atoms with E-state index in [2.05, 4.69) is 4.90 Å². The number of aliphatic hydroxyl groups excluding tert-OH is 1. The number of anilines is 1. The lowest BCUT2D eigenvalue weighted by molar-refractivity contribution is 0.194. The summed E-state index contributed by atoms with van der Waals surface area (Å²) in [6.45, 7) is 3.55. The number of rotatable bonds is 2.